The van der Waals surface area contributed by atoms with Crippen LogP contribution in [-0.4, -0.2) is 31.4 Å². The van der Waals surface area contributed by atoms with Gasteiger partial charge in [-0.05, 0) is 23.8 Å². The monoisotopic (exact) mass is 343 g/mol. The van der Waals surface area contributed by atoms with Gasteiger partial charge in [0.25, 0.3) is 0 Å². The van der Waals surface area contributed by atoms with Gasteiger partial charge in [0.1, 0.15) is 11.8 Å². The Balaban J connectivity index is 1.79. The molecule has 0 spiro atoms. The first-order chi connectivity index (χ1) is 12.2. The molecule has 6 heteroatoms. The number of hydrogen-bond acceptors (Lipinski definition) is 5. The van der Waals surface area contributed by atoms with E-state index in [0.717, 1.165) is 12.0 Å². The molecule has 132 valence electrons. The van der Waals surface area contributed by atoms with Gasteiger partial charge in [-0.15, -0.1) is 0 Å². The van der Waals surface area contributed by atoms with Crippen LogP contribution in [0.2, 0.25) is 0 Å². The topological polar surface area (TPSA) is 77.0 Å². The molecule has 1 heterocycles. The van der Waals surface area contributed by atoms with E-state index in [1.54, 1.807) is 31.4 Å². The quantitative estimate of drug-likeness (QED) is 0.840. The van der Waals surface area contributed by atoms with E-state index in [0.29, 0.717) is 42.6 Å². The predicted molar refractivity (Wildman–Crippen MR) is 92.3 cm³/mol. The van der Waals surface area contributed by atoms with E-state index in [9.17, 15) is 9.90 Å². The van der Waals surface area contributed by atoms with Gasteiger partial charge in [0.15, 0.2) is 11.5 Å². The molecule has 0 radical (unpaired) electrons. The second-order valence-electron chi connectivity index (χ2n) is 5.72. The predicted octanol–water partition coefficient (Wildman–Crippen LogP) is 2.77. The van der Waals surface area contributed by atoms with E-state index in [1.807, 2.05) is 18.2 Å². The first-order valence-electron chi connectivity index (χ1n) is 8.16. The zero-order valence-corrected chi connectivity index (χ0v) is 14.0. The average molecular weight is 343 g/mol. The number of carboxylic acids is 1. The highest BCUT2D eigenvalue weighted by Crippen LogP contribution is 2.33. The molecule has 0 bridgehead atoms. The van der Waals surface area contributed by atoms with E-state index in [2.05, 4.69) is 5.32 Å². The van der Waals surface area contributed by atoms with Gasteiger partial charge in [-0.1, -0.05) is 24.3 Å². The maximum atomic E-state index is 11.7. The number of benzene rings is 2. The summed E-state index contributed by atoms with van der Waals surface area (Å²) in [5.41, 5.74) is 1.50. The highest BCUT2D eigenvalue weighted by Gasteiger charge is 2.21. The Kier molecular flexibility index (Phi) is 5.40. The van der Waals surface area contributed by atoms with Crippen LogP contribution in [-0.2, 0) is 11.3 Å². The molecule has 1 aliphatic rings. The van der Waals surface area contributed by atoms with Crippen LogP contribution in [0.1, 0.15) is 23.6 Å². The normalized spacial score (nSPS) is 14.4. The number of carbonyl (C=O) groups is 1. The molecule has 0 saturated heterocycles. The molecule has 0 saturated carbocycles. The molecule has 25 heavy (non-hydrogen) atoms. The number of para-hydroxylation sites is 1. The van der Waals surface area contributed by atoms with Crippen molar-refractivity contribution in [2.24, 2.45) is 0 Å². The van der Waals surface area contributed by atoms with Crippen LogP contribution in [0.15, 0.2) is 42.5 Å². The van der Waals surface area contributed by atoms with Gasteiger partial charge in [0.2, 0.25) is 0 Å². The summed E-state index contributed by atoms with van der Waals surface area (Å²) >= 11 is 0. The summed E-state index contributed by atoms with van der Waals surface area (Å²) in [5.74, 6) is 1.05. The van der Waals surface area contributed by atoms with Crippen LogP contribution in [0.25, 0.3) is 0 Å². The maximum Gasteiger partial charge on any atom is 0.325 e. The van der Waals surface area contributed by atoms with Crippen molar-refractivity contribution in [3.8, 4) is 17.2 Å². The minimum Gasteiger partial charge on any atom is -0.497 e. The molecular weight excluding hydrogens is 322 g/mol. The van der Waals surface area contributed by atoms with Crippen molar-refractivity contribution in [3.63, 3.8) is 0 Å². The van der Waals surface area contributed by atoms with Crippen LogP contribution in [0.3, 0.4) is 0 Å². The summed E-state index contributed by atoms with van der Waals surface area (Å²) < 4.78 is 16.6. The minimum atomic E-state index is -0.951. The fraction of sp³-hybridized carbons (Fsp3) is 0.316. The molecule has 0 fully saturated rings. The molecule has 0 aliphatic carbocycles. The lowest BCUT2D eigenvalue weighted by Crippen LogP contribution is -2.28. The van der Waals surface area contributed by atoms with Crippen molar-refractivity contribution >= 4 is 5.97 Å². The third kappa shape index (κ3) is 4.03. The van der Waals surface area contributed by atoms with Gasteiger partial charge in [0.05, 0.1) is 20.3 Å². The minimum absolute atomic E-state index is 0.348. The second-order valence-corrected chi connectivity index (χ2v) is 5.72. The number of fused-ring (bicyclic) bond motifs is 1. The zero-order chi connectivity index (χ0) is 17.6. The fourth-order valence-corrected chi connectivity index (χ4v) is 2.77. The van der Waals surface area contributed by atoms with E-state index in [-0.39, 0.29) is 0 Å². The Bertz CT molecular complexity index is 746. The Labute approximate surface area is 146 Å². The van der Waals surface area contributed by atoms with Crippen molar-refractivity contribution in [3.05, 3.63) is 53.6 Å². The third-order valence-corrected chi connectivity index (χ3v) is 4.02. The first-order valence-corrected chi connectivity index (χ1v) is 8.16. The van der Waals surface area contributed by atoms with Crippen molar-refractivity contribution in [1.29, 1.82) is 0 Å². The van der Waals surface area contributed by atoms with Crippen molar-refractivity contribution in [2.75, 3.05) is 20.3 Å². The highest BCUT2D eigenvalue weighted by molar-refractivity contribution is 5.75. The third-order valence-electron chi connectivity index (χ3n) is 4.02. The van der Waals surface area contributed by atoms with Crippen molar-refractivity contribution in [2.45, 2.75) is 19.0 Å². The van der Waals surface area contributed by atoms with E-state index in [4.69, 9.17) is 14.2 Å². The standard InChI is InChI=1S/C19H21NO5/c1-23-15-7-2-5-13(11-15)17(19(21)22)20-12-14-6-3-8-16-18(14)25-10-4-9-24-16/h2-3,5-8,11,17,20H,4,9-10,12H2,1H3,(H,21,22). The highest BCUT2D eigenvalue weighted by atomic mass is 16.5. The summed E-state index contributed by atoms with van der Waals surface area (Å²) in [6.07, 6.45) is 0.823. The number of hydrogen-bond donors (Lipinski definition) is 2. The molecular formula is C19H21NO5. The van der Waals surface area contributed by atoms with Gasteiger partial charge in [-0.3, -0.25) is 10.1 Å². The molecule has 0 amide bonds. The molecule has 1 aliphatic heterocycles. The van der Waals surface area contributed by atoms with Gasteiger partial charge in [-0.25, -0.2) is 0 Å². The molecule has 6 nitrogen and oxygen atoms in total. The van der Waals surface area contributed by atoms with Crippen LogP contribution in [0.5, 0.6) is 17.2 Å². The number of rotatable bonds is 6. The van der Waals surface area contributed by atoms with Crippen LogP contribution in [0, 0.1) is 0 Å². The maximum absolute atomic E-state index is 11.7. The summed E-state index contributed by atoms with van der Waals surface area (Å²) in [4.78, 5) is 11.7. The van der Waals surface area contributed by atoms with E-state index in [1.165, 1.54) is 0 Å². The van der Waals surface area contributed by atoms with Crippen LogP contribution in [0.4, 0.5) is 0 Å². The Morgan fingerprint density at radius 1 is 1.24 bits per heavy atom. The summed E-state index contributed by atoms with van der Waals surface area (Å²) in [6, 6.07) is 11.8. The SMILES string of the molecule is COc1cccc(C(NCc2cccc3c2OCCCO3)C(=O)O)c1. The van der Waals surface area contributed by atoms with E-state index < -0.39 is 12.0 Å². The van der Waals surface area contributed by atoms with Gasteiger partial charge in [-0.2, -0.15) is 0 Å². The number of carboxylic acid groups (broad SMARTS) is 1. The Morgan fingerprint density at radius 3 is 2.84 bits per heavy atom. The lowest BCUT2D eigenvalue weighted by Gasteiger charge is -2.18. The molecule has 0 aromatic heterocycles. The first kappa shape index (κ1) is 17.1. The number of ether oxygens (including phenoxy) is 3. The second kappa shape index (κ2) is 7.90. The summed E-state index contributed by atoms with van der Waals surface area (Å²) in [7, 11) is 1.55. The molecule has 2 aromatic carbocycles. The van der Waals surface area contributed by atoms with Crippen LogP contribution < -0.4 is 19.5 Å². The lowest BCUT2D eigenvalue weighted by atomic mass is 10.1. The Hall–Kier alpha value is -2.73. The zero-order valence-electron chi connectivity index (χ0n) is 14.0. The van der Waals surface area contributed by atoms with Gasteiger partial charge in [0, 0.05) is 18.5 Å². The average Bonchev–Trinajstić information content (AvgIpc) is 2.88. The number of methoxy groups -OCH3 is 1. The van der Waals surface area contributed by atoms with Crippen molar-refractivity contribution in [1.82, 2.24) is 5.32 Å². The van der Waals surface area contributed by atoms with Gasteiger partial charge >= 0.3 is 5.97 Å². The molecule has 2 aromatic rings. The molecule has 1 unspecified atom stereocenters. The van der Waals surface area contributed by atoms with Crippen LogP contribution >= 0.6 is 0 Å². The fourth-order valence-electron chi connectivity index (χ4n) is 2.77. The molecule has 1 atom stereocenters. The smallest absolute Gasteiger partial charge is 0.325 e. The van der Waals surface area contributed by atoms with E-state index >= 15 is 0 Å². The molecule has 3 rings (SSSR count). The summed E-state index contributed by atoms with van der Waals surface area (Å²) in [5, 5.41) is 12.7. The number of nitrogens with one attached hydrogen (secondary N) is 1. The summed E-state index contributed by atoms with van der Waals surface area (Å²) in [6.45, 7) is 1.55. The number of aliphatic carboxylic acids is 1. The Morgan fingerprint density at radius 2 is 2.04 bits per heavy atom. The largest absolute Gasteiger partial charge is 0.497 e. The van der Waals surface area contributed by atoms with Gasteiger partial charge < -0.3 is 19.3 Å². The molecule has 2 N–H and O–H groups in total. The van der Waals surface area contributed by atoms with Crippen molar-refractivity contribution < 1.29 is 24.1 Å². The lowest BCUT2D eigenvalue weighted by molar-refractivity contribution is -0.139.